The number of H-pyrrole nitrogens is 1. The number of rotatable bonds is 5. The second kappa shape index (κ2) is 8.28. The number of carbonyl (C=O) groups is 2. The van der Waals surface area contributed by atoms with E-state index < -0.39 is 30.0 Å². The second-order valence-electron chi connectivity index (χ2n) is 9.04. The molecule has 10 heteroatoms. The molecule has 0 bridgehead atoms. The lowest BCUT2D eigenvalue weighted by molar-refractivity contribution is 0.00578. The van der Waals surface area contributed by atoms with Gasteiger partial charge in [-0.25, -0.2) is 4.39 Å². The van der Waals surface area contributed by atoms with Crippen molar-refractivity contribution in [2.45, 2.75) is 45.4 Å². The van der Waals surface area contributed by atoms with Crippen LogP contribution in [0, 0.1) is 5.82 Å². The fraction of sp³-hybridized carbons (Fsp3) is 0.348. The molecule has 0 saturated carbocycles. The Morgan fingerprint density at radius 2 is 1.70 bits per heavy atom. The summed E-state index contributed by atoms with van der Waals surface area (Å²) in [6.07, 6.45) is 0. The zero-order valence-electron chi connectivity index (χ0n) is 19.2. The third-order valence-electron chi connectivity index (χ3n) is 6.28. The van der Waals surface area contributed by atoms with Gasteiger partial charge in [0.05, 0.1) is 11.2 Å². The van der Waals surface area contributed by atoms with E-state index in [9.17, 15) is 14.0 Å². The SMILES string of the molecule is CNC(=O)c1ccc(CNC(=O)c2n[nH]c3c(F)cc(B4OC(C)(C)C(C)(C)O4)cc23)cc1. The van der Waals surface area contributed by atoms with E-state index in [1.165, 1.54) is 6.07 Å². The Balaban J connectivity index is 1.54. The van der Waals surface area contributed by atoms with E-state index in [0.717, 1.165) is 5.56 Å². The van der Waals surface area contributed by atoms with Crippen molar-refractivity contribution in [1.82, 2.24) is 20.8 Å². The van der Waals surface area contributed by atoms with Crippen molar-refractivity contribution in [3.05, 3.63) is 59.0 Å². The lowest BCUT2D eigenvalue weighted by atomic mass is 9.78. The van der Waals surface area contributed by atoms with Crippen molar-refractivity contribution in [1.29, 1.82) is 0 Å². The Morgan fingerprint density at radius 3 is 2.30 bits per heavy atom. The minimum absolute atomic E-state index is 0.0734. The predicted molar refractivity (Wildman–Crippen MR) is 123 cm³/mol. The highest BCUT2D eigenvalue weighted by molar-refractivity contribution is 6.62. The van der Waals surface area contributed by atoms with Gasteiger partial charge in [0.2, 0.25) is 0 Å². The second-order valence-corrected chi connectivity index (χ2v) is 9.04. The zero-order valence-corrected chi connectivity index (χ0v) is 19.2. The number of fused-ring (bicyclic) bond motifs is 1. The summed E-state index contributed by atoms with van der Waals surface area (Å²) in [7, 11) is 0.796. The molecule has 0 spiro atoms. The van der Waals surface area contributed by atoms with E-state index in [0.29, 0.717) is 16.4 Å². The first kappa shape index (κ1) is 22.9. The van der Waals surface area contributed by atoms with Crippen LogP contribution in [0.25, 0.3) is 10.9 Å². The standard InChI is InChI=1S/C23H26BFN4O4/c1-22(2)23(3,4)33-24(32-22)15-10-16-18(17(25)11-15)28-29-19(16)21(31)27-12-13-6-8-14(9-7-13)20(30)26-5/h6-11H,12H2,1-5H3,(H,26,30)(H,27,31)(H,28,29). The Morgan fingerprint density at radius 1 is 1.06 bits per heavy atom. The van der Waals surface area contributed by atoms with Crippen LogP contribution in [-0.4, -0.2) is 47.4 Å². The van der Waals surface area contributed by atoms with Crippen molar-refractivity contribution < 1.29 is 23.3 Å². The van der Waals surface area contributed by atoms with Gasteiger partial charge in [-0.1, -0.05) is 18.2 Å². The van der Waals surface area contributed by atoms with Crippen LogP contribution >= 0.6 is 0 Å². The smallest absolute Gasteiger partial charge is 0.399 e. The highest BCUT2D eigenvalue weighted by Crippen LogP contribution is 2.36. The monoisotopic (exact) mass is 452 g/mol. The van der Waals surface area contributed by atoms with E-state index in [4.69, 9.17) is 9.31 Å². The fourth-order valence-electron chi connectivity index (χ4n) is 3.57. The number of aromatic nitrogens is 2. The highest BCUT2D eigenvalue weighted by atomic mass is 19.1. The minimum Gasteiger partial charge on any atom is -0.399 e. The molecule has 4 rings (SSSR count). The average molecular weight is 452 g/mol. The summed E-state index contributed by atoms with van der Waals surface area (Å²) >= 11 is 0. The lowest BCUT2D eigenvalue weighted by Gasteiger charge is -2.32. The van der Waals surface area contributed by atoms with Crippen molar-refractivity contribution in [3.8, 4) is 0 Å². The molecule has 0 radical (unpaired) electrons. The maximum absolute atomic E-state index is 14.8. The molecule has 0 atom stereocenters. The van der Waals surface area contributed by atoms with Crippen LogP contribution in [0.15, 0.2) is 36.4 Å². The summed E-state index contributed by atoms with van der Waals surface area (Å²) in [5, 5.41) is 12.3. The first-order valence-electron chi connectivity index (χ1n) is 10.6. The number of amides is 2. The highest BCUT2D eigenvalue weighted by Gasteiger charge is 2.51. The molecule has 1 aromatic heterocycles. The van der Waals surface area contributed by atoms with Gasteiger partial charge in [-0.05, 0) is 56.9 Å². The van der Waals surface area contributed by atoms with Crippen LogP contribution in [0.5, 0.6) is 0 Å². The number of nitrogens with zero attached hydrogens (tertiary/aromatic N) is 1. The molecule has 172 valence electrons. The molecule has 1 fully saturated rings. The first-order chi connectivity index (χ1) is 15.5. The molecule has 1 aliphatic rings. The molecule has 0 aliphatic carbocycles. The van der Waals surface area contributed by atoms with Crippen LogP contribution in [0.2, 0.25) is 0 Å². The molecule has 2 aromatic carbocycles. The van der Waals surface area contributed by atoms with Gasteiger partial charge < -0.3 is 19.9 Å². The number of benzene rings is 2. The largest absolute Gasteiger partial charge is 0.494 e. The molecule has 3 N–H and O–H groups in total. The van der Waals surface area contributed by atoms with E-state index in [2.05, 4.69) is 20.8 Å². The summed E-state index contributed by atoms with van der Waals surface area (Å²) in [5.74, 6) is -1.19. The summed E-state index contributed by atoms with van der Waals surface area (Å²) in [4.78, 5) is 24.5. The van der Waals surface area contributed by atoms with Gasteiger partial charge >= 0.3 is 7.12 Å². The topological polar surface area (TPSA) is 105 Å². The maximum Gasteiger partial charge on any atom is 0.494 e. The molecule has 2 heterocycles. The van der Waals surface area contributed by atoms with Crippen molar-refractivity contribution in [2.24, 2.45) is 0 Å². The van der Waals surface area contributed by atoms with E-state index in [1.807, 2.05) is 27.7 Å². The van der Waals surface area contributed by atoms with E-state index in [1.54, 1.807) is 37.4 Å². The molecule has 1 saturated heterocycles. The quantitative estimate of drug-likeness (QED) is 0.516. The van der Waals surface area contributed by atoms with Crippen LogP contribution in [0.4, 0.5) is 4.39 Å². The van der Waals surface area contributed by atoms with Crippen molar-refractivity contribution >= 4 is 35.3 Å². The fourth-order valence-corrected chi connectivity index (χ4v) is 3.57. The van der Waals surface area contributed by atoms with Gasteiger partial charge in [0, 0.05) is 24.5 Å². The zero-order chi connectivity index (χ0) is 24.0. The summed E-state index contributed by atoms with van der Waals surface area (Å²) in [6, 6.07) is 9.86. The number of halogens is 1. The number of aromatic amines is 1. The van der Waals surface area contributed by atoms with Gasteiger partial charge in [0.15, 0.2) is 5.69 Å². The van der Waals surface area contributed by atoms with Crippen LogP contribution in [0.1, 0.15) is 54.1 Å². The van der Waals surface area contributed by atoms with Gasteiger partial charge in [-0.2, -0.15) is 5.10 Å². The van der Waals surface area contributed by atoms with Gasteiger partial charge in [0.1, 0.15) is 11.3 Å². The van der Waals surface area contributed by atoms with E-state index in [-0.39, 0.29) is 23.7 Å². The first-order valence-corrected chi connectivity index (χ1v) is 10.6. The van der Waals surface area contributed by atoms with Gasteiger partial charge in [0.25, 0.3) is 11.8 Å². The normalized spacial score (nSPS) is 16.7. The Hall–Kier alpha value is -3.24. The van der Waals surface area contributed by atoms with Crippen molar-refractivity contribution in [3.63, 3.8) is 0 Å². The average Bonchev–Trinajstić information content (AvgIpc) is 3.30. The van der Waals surface area contributed by atoms with Crippen molar-refractivity contribution in [2.75, 3.05) is 7.05 Å². The van der Waals surface area contributed by atoms with Gasteiger partial charge in [-0.3, -0.25) is 14.7 Å². The third-order valence-corrected chi connectivity index (χ3v) is 6.28. The summed E-state index contributed by atoms with van der Waals surface area (Å²) < 4.78 is 26.8. The summed E-state index contributed by atoms with van der Waals surface area (Å²) in [6.45, 7) is 7.89. The molecule has 3 aromatic rings. The van der Waals surface area contributed by atoms with Crippen LogP contribution < -0.4 is 16.1 Å². The van der Waals surface area contributed by atoms with Crippen LogP contribution in [-0.2, 0) is 15.9 Å². The number of carbonyl (C=O) groups excluding carboxylic acids is 2. The molecular formula is C23H26BFN4O4. The molecule has 1 aliphatic heterocycles. The predicted octanol–water partition coefficient (Wildman–Crippen LogP) is 2.29. The van der Waals surface area contributed by atoms with E-state index >= 15 is 0 Å². The van der Waals surface area contributed by atoms with Crippen LogP contribution in [0.3, 0.4) is 0 Å². The summed E-state index contributed by atoms with van der Waals surface area (Å²) in [5.41, 5.74) is 0.857. The number of hydrogen-bond donors (Lipinski definition) is 3. The Bertz CT molecular complexity index is 1210. The molecule has 33 heavy (non-hydrogen) atoms. The molecular weight excluding hydrogens is 426 g/mol. The third kappa shape index (κ3) is 4.23. The number of nitrogens with one attached hydrogen (secondary N) is 3. The number of hydrogen-bond acceptors (Lipinski definition) is 5. The molecule has 0 unspecified atom stereocenters. The minimum atomic E-state index is -0.765. The van der Waals surface area contributed by atoms with Gasteiger partial charge in [-0.15, -0.1) is 0 Å². The maximum atomic E-state index is 14.8. The molecule has 2 amide bonds. The Kier molecular flexibility index (Phi) is 5.75. The molecule has 8 nitrogen and oxygen atoms in total. The lowest BCUT2D eigenvalue weighted by Crippen LogP contribution is -2.41. The Labute approximate surface area is 191 Å².